The number of fused-ring (bicyclic) bond motifs is 1. The van der Waals surface area contributed by atoms with Gasteiger partial charge in [0.1, 0.15) is 5.75 Å². The molecule has 3 heteroatoms. The van der Waals surface area contributed by atoms with Crippen LogP contribution in [-0.4, -0.2) is 19.6 Å². The second-order valence-electron chi connectivity index (χ2n) is 6.83. The Hall–Kier alpha value is -1.51. The molecule has 2 atom stereocenters. The maximum absolute atomic E-state index is 12.4. The summed E-state index contributed by atoms with van der Waals surface area (Å²) in [5, 5.41) is 3.14. The molecular formula is C19H27NO2. The van der Waals surface area contributed by atoms with Crippen molar-refractivity contribution in [2.45, 2.75) is 44.9 Å². The van der Waals surface area contributed by atoms with Crippen LogP contribution >= 0.6 is 0 Å². The second kappa shape index (κ2) is 7.17. The van der Waals surface area contributed by atoms with Crippen LogP contribution in [0.3, 0.4) is 0 Å². The van der Waals surface area contributed by atoms with Gasteiger partial charge in [0, 0.05) is 12.5 Å². The van der Waals surface area contributed by atoms with Crippen LogP contribution in [0.25, 0.3) is 0 Å². The molecule has 3 nitrogen and oxygen atoms in total. The Bertz CT molecular complexity index is 500. The quantitative estimate of drug-likeness (QED) is 0.903. The van der Waals surface area contributed by atoms with Crippen molar-refractivity contribution in [2.75, 3.05) is 13.7 Å². The molecule has 1 aromatic carbocycles. The maximum atomic E-state index is 12.4. The first-order chi connectivity index (χ1) is 10.8. The molecule has 1 N–H and O–H groups in total. The first-order valence-electron chi connectivity index (χ1n) is 8.67. The van der Waals surface area contributed by atoms with Gasteiger partial charge in [-0.1, -0.05) is 43.9 Å². The SMILES string of the molecule is COc1ccccc1CCNC(=O)C1CC2CCCCC2C1. The van der Waals surface area contributed by atoms with Crippen molar-refractivity contribution < 1.29 is 9.53 Å². The van der Waals surface area contributed by atoms with Crippen molar-refractivity contribution in [3.63, 3.8) is 0 Å². The molecular weight excluding hydrogens is 274 g/mol. The summed E-state index contributed by atoms with van der Waals surface area (Å²) in [4.78, 5) is 12.4. The average molecular weight is 301 g/mol. The number of nitrogens with one attached hydrogen (secondary N) is 1. The van der Waals surface area contributed by atoms with Crippen LogP contribution in [0.1, 0.15) is 44.1 Å². The predicted molar refractivity (Wildman–Crippen MR) is 87.9 cm³/mol. The third-order valence-electron chi connectivity index (χ3n) is 5.50. The fourth-order valence-corrected chi connectivity index (χ4v) is 4.32. The van der Waals surface area contributed by atoms with Crippen molar-refractivity contribution in [2.24, 2.45) is 17.8 Å². The van der Waals surface area contributed by atoms with Gasteiger partial charge in [0.05, 0.1) is 7.11 Å². The van der Waals surface area contributed by atoms with Crippen LogP contribution in [0.4, 0.5) is 0 Å². The Balaban J connectivity index is 1.46. The van der Waals surface area contributed by atoms with Crippen LogP contribution in [0.5, 0.6) is 5.75 Å². The van der Waals surface area contributed by atoms with Gasteiger partial charge in [-0.15, -0.1) is 0 Å². The molecule has 0 spiro atoms. The van der Waals surface area contributed by atoms with Crippen molar-refractivity contribution in [3.8, 4) is 5.75 Å². The topological polar surface area (TPSA) is 38.3 Å². The van der Waals surface area contributed by atoms with Crippen LogP contribution in [0.2, 0.25) is 0 Å². The van der Waals surface area contributed by atoms with Gasteiger partial charge in [0.2, 0.25) is 5.91 Å². The number of ether oxygens (including phenoxy) is 1. The lowest BCUT2D eigenvalue weighted by molar-refractivity contribution is -0.124. The monoisotopic (exact) mass is 301 g/mol. The zero-order valence-corrected chi connectivity index (χ0v) is 13.5. The van der Waals surface area contributed by atoms with Crippen LogP contribution in [-0.2, 0) is 11.2 Å². The Morgan fingerprint density at radius 2 is 1.86 bits per heavy atom. The zero-order valence-electron chi connectivity index (χ0n) is 13.5. The van der Waals surface area contributed by atoms with Crippen molar-refractivity contribution in [1.29, 1.82) is 0 Å². The van der Waals surface area contributed by atoms with Crippen molar-refractivity contribution in [3.05, 3.63) is 29.8 Å². The molecule has 0 saturated heterocycles. The van der Waals surface area contributed by atoms with E-state index in [-0.39, 0.29) is 11.8 Å². The zero-order chi connectivity index (χ0) is 15.4. The van der Waals surface area contributed by atoms with Crippen molar-refractivity contribution in [1.82, 2.24) is 5.32 Å². The van der Waals surface area contributed by atoms with E-state index in [1.54, 1.807) is 7.11 Å². The van der Waals surface area contributed by atoms with Crippen LogP contribution in [0, 0.1) is 17.8 Å². The molecule has 120 valence electrons. The van der Waals surface area contributed by atoms with E-state index < -0.39 is 0 Å². The molecule has 0 radical (unpaired) electrons. The third kappa shape index (κ3) is 3.45. The highest BCUT2D eigenvalue weighted by Gasteiger charge is 2.38. The average Bonchev–Trinajstić information content (AvgIpc) is 2.99. The maximum Gasteiger partial charge on any atom is 0.223 e. The van der Waals surface area contributed by atoms with E-state index in [1.165, 1.54) is 25.7 Å². The largest absolute Gasteiger partial charge is 0.496 e. The Kier molecular flexibility index (Phi) is 5.01. The molecule has 1 amide bonds. The van der Waals surface area contributed by atoms with Gasteiger partial charge in [-0.25, -0.2) is 0 Å². The van der Waals surface area contributed by atoms with Gasteiger partial charge in [0.25, 0.3) is 0 Å². The summed E-state index contributed by atoms with van der Waals surface area (Å²) in [6, 6.07) is 8.02. The number of benzene rings is 1. The molecule has 22 heavy (non-hydrogen) atoms. The molecule has 2 fully saturated rings. The fourth-order valence-electron chi connectivity index (χ4n) is 4.32. The van der Waals surface area contributed by atoms with Gasteiger partial charge in [0.15, 0.2) is 0 Å². The minimum Gasteiger partial charge on any atom is -0.496 e. The number of methoxy groups -OCH3 is 1. The van der Waals surface area contributed by atoms with E-state index in [4.69, 9.17) is 4.74 Å². The molecule has 3 rings (SSSR count). The first kappa shape index (κ1) is 15.4. The molecule has 2 saturated carbocycles. The van der Waals surface area contributed by atoms with E-state index in [0.717, 1.165) is 42.4 Å². The predicted octanol–water partition coefficient (Wildman–Crippen LogP) is 3.57. The van der Waals surface area contributed by atoms with Crippen LogP contribution in [0.15, 0.2) is 24.3 Å². The molecule has 1 aromatic rings. The summed E-state index contributed by atoms with van der Waals surface area (Å²) < 4.78 is 5.35. The number of para-hydroxylation sites is 1. The molecule has 0 heterocycles. The Morgan fingerprint density at radius 1 is 1.18 bits per heavy atom. The first-order valence-corrected chi connectivity index (χ1v) is 8.67. The molecule has 2 unspecified atom stereocenters. The van der Waals surface area contributed by atoms with Gasteiger partial charge in [-0.3, -0.25) is 4.79 Å². The lowest BCUT2D eigenvalue weighted by atomic mass is 9.82. The highest BCUT2D eigenvalue weighted by atomic mass is 16.5. The number of carbonyl (C=O) groups excluding carboxylic acids is 1. The summed E-state index contributed by atoms with van der Waals surface area (Å²) in [6.45, 7) is 0.699. The Morgan fingerprint density at radius 3 is 2.55 bits per heavy atom. The minimum atomic E-state index is 0.255. The van der Waals surface area contributed by atoms with Gasteiger partial charge in [-0.05, 0) is 42.7 Å². The molecule has 2 aliphatic carbocycles. The Labute approximate surface area is 133 Å². The third-order valence-corrected chi connectivity index (χ3v) is 5.50. The normalized spacial score (nSPS) is 27.2. The number of amides is 1. The molecule has 0 aromatic heterocycles. The molecule has 2 aliphatic rings. The molecule has 0 aliphatic heterocycles. The van der Waals surface area contributed by atoms with E-state index >= 15 is 0 Å². The highest BCUT2D eigenvalue weighted by molar-refractivity contribution is 5.79. The van der Waals surface area contributed by atoms with Gasteiger partial charge < -0.3 is 10.1 Å². The summed E-state index contributed by atoms with van der Waals surface area (Å²) in [6.07, 6.45) is 8.48. The number of carbonyl (C=O) groups is 1. The summed E-state index contributed by atoms with van der Waals surface area (Å²) in [7, 11) is 1.69. The van der Waals surface area contributed by atoms with E-state index in [9.17, 15) is 4.79 Å². The van der Waals surface area contributed by atoms with E-state index in [2.05, 4.69) is 11.4 Å². The smallest absolute Gasteiger partial charge is 0.223 e. The lowest BCUT2D eigenvalue weighted by Gasteiger charge is -2.24. The summed E-state index contributed by atoms with van der Waals surface area (Å²) in [5.74, 6) is 3.07. The summed E-state index contributed by atoms with van der Waals surface area (Å²) >= 11 is 0. The number of hydrogen-bond donors (Lipinski definition) is 1. The summed E-state index contributed by atoms with van der Waals surface area (Å²) in [5.41, 5.74) is 1.16. The number of hydrogen-bond acceptors (Lipinski definition) is 2. The highest BCUT2D eigenvalue weighted by Crippen LogP contribution is 2.45. The van der Waals surface area contributed by atoms with Gasteiger partial charge >= 0.3 is 0 Å². The molecule has 0 bridgehead atoms. The lowest BCUT2D eigenvalue weighted by Crippen LogP contribution is -2.31. The van der Waals surface area contributed by atoms with Crippen molar-refractivity contribution >= 4 is 5.91 Å². The fraction of sp³-hybridized carbons (Fsp3) is 0.632. The standard InChI is InChI=1S/C19H27NO2/c1-22-18-9-5-4-6-14(18)10-11-20-19(21)17-12-15-7-2-3-8-16(15)13-17/h4-6,9,15-17H,2-3,7-8,10-13H2,1H3,(H,20,21). The van der Waals surface area contributed by atoms with E-state index in [0.29, 0.717) is 6.54 Å². The van der Waals surface area contributed by atoms with Crippen LogP contribution < -0.4 is 10.1 Å². The minimum absolute atomic E-state index is 0.255. The number of rotatable bonds is 5. The van der Waals surface area contributed by atoms with E-state index in [1.807, 2.05) is 18.2 Å². The van der Waals surface area contributed by atoms with Gasteiger partial charge in [-0.2, -0.15) is 0 Å². The second-order valence-corrected chi connectivity index (χ2v) is 6.83.